The largest absolute Gasteiger partial charge is 0.300 e. The van der Waals surface area contributed by atoms with Crippen molar-refractivity contribution in [2.75, 3.05) is 0 Å². The van der Waals surface area contributed by atoms with Crippen molar-refractivity contribution in [3.63, 3.8) is 0 Å². The van der Waals surface area contributed by atoms with E-state index in [1.807, 2.05) is 0 Å². The first-order valence-corrected chi connectivity index (χ1v) is 8.01. The molecular weight excluding hydrogens is 254 g/mol. The molecular formula is C16H23NO3. The number of Topliss-reactive ketones (excluding diaryl/α,β-unsaturated/α-hetero) is 1. The van der Waals surface area contributed by atoms with Gasteiger partial charge in [0.1, 0.15) is 5.78 Å². The molecule has 0 atom stereocenters. The van der Waals surface area contributed by atoms with Gasteiger partial charge in [0.15, 0.2) is 0 Å². The molecule has 110 valence electrons. The summed E-state index contributed by atoms with van der Waals surface area (Å²) >= 11 is 0. The summed E-state index contributed by atoms with van der Waals surface area (Å²) in [5, 5.41) is 0. The van der Waals surface area contributed by atoms with Crippen molar-refractivity contribution >= 4 is 17.6 Å². The molecule has 1 spiro atoms. The van der Waals surface area contributed by atoms with E-state index >= 15 is 0 Å². The summed E-state index contributed by atoms with van der Waals surface area (Å²) in [6.45, 7) is 0. The molecule has 0 radical (unpaired) electrons. The molecule has 2 amide bonds. The molecule has 1 aliphatic heterocycles. The van der Waals surface area contributed by atoms with E-state index in [1.165, 1.54) is 17.7 Å². The molecule has 1 saturated heterocycles. The van der Waals surface area contributed by atoms with Crippen molar-refractivity contribution < 1.29 is 14.4 Å². The average Bonchev–Trinajstić information content (AvgIpc) is 2.60. The van der Waals surface area contributed by atoms with Crippen molar-refractivity contribution in [3.05, 3.63) is 0 Å². The molecule has 0 unspecified atom stereocenters. The Kier molecular flexibility index (Phi) is 3.65. The van der Waals surface area contributed by atoms with Gasteiger partial charge in [0, 0.05) is 25.3 Å². The maximum Gasteiger partial charge on any atom is 0.236 e. The number of amides is 2. The molecule has 0 aromatic carbocycles. The lowest BCUT2D eigenvalue weighted by atomic mass is 9.79. The second-order valence-corrected chi connectivity index (χ2v) is 6.71. The molecule has 4 nitrogen and oxygen atoms in total. The summed E-state index contributed by atoms with van der Waals surface area (Å²) in [6, 6.07) is -0.0182. The third kappa shape index (κ3) is 2.29. The molecule has 2 saturated carbocycles. The van der Waals surface area contributed by atoms with Crippen LogP contribution in [0.5, 0.6) is 0 Å². The normalized spacial score (nSPS) is 28.2. The van der Waals surface area contributed by atoms with E-state index in [1.54, 1.807) is 0 Å². The van der Waals surface area contributed by atoms with Gasteiger partial charge in [-0.25, -0.2) is 0 Å². The number of nitrogens with zero attached hydrogens (tertiary/aromatic N) is 1. The number of likely N-dealkylation sites (tertiary alicyclic amines) is 1. The fourth-order valence-corrected chi connectivity index (χ4v) is 4.17. The zero-order valence-electron chi connectivity index (χ0n) is 12.0. The molecule has 4 heteroatoms. The van der Waals surface area contributed by atoms with Crippen LogP contribution in [0.3, 0.4) is 0 Å². The number of hydrogen-bond acceptors (Lipinski definition) is 3. The summed E-state index contributed by atoms with van der Waals surface area (Å²) in [5.74, 6) is 0.351. The van der Waals surface area contributed by atoms with Crippen LogP contribution in [0.25, 0.3) is 0 Å². The van der Waals surface area contributed by atoms with Crippen LogP contribution < -0.4 is 0 Å². The highest BCUT2D eigenvalue weighted by Gasteiger charge is 2.52. The van der Waals surface area contributed by atoms with Crippen molar-refractivity contribution in [2.24, 2.45) is 5.41 Å². The van der Waals surface area contributed by atoms with Gasteiger partial charge in [-0.2, -0.15) is 0 Å². The molecule has 3 rings (SSSR count). The maximum absolute atomic E-state index is 12.8. The molecule has 0 aromatic heterocycles. The van der Waals surface area contributed by atoms with Crippen molar-refractivity contribution in [1.29, 1.82) is 0 Å². The predicted octanol–water partition coefficient (Wildman–Crippen LogP) is 2.60. The third-order valence-corrected chi connectivity index (χ3v) is 5.37. The maximum atomic E-state index is 12.8. The van der Waals surface area contributed by atoms with Crippen LogP contribution in [0.1, 0.15) is 70.6 Å². The topological polar surface area (TPSA) is 54.5 Å². The van der Waals surface area contributed by atoms with Crippen LogP contribution in [0.15, 0.2) is 0 Å². The van der Waals surface area contributed by atoms with Crippen LogP contribution in [-0.4, -0.2) is 28.5 Å². The highest BCUT2D eigenvalue weighted by atomic mass is 16.2. The van der Waals surface area contributed by atoms with Gasteiger partial charge in [0.05, 0.1) is 5.41 Å². The lowest BCUT2D eigenvalue weighted by Gasteiger charge is -2.31. The minimum Gasteiger partial charge on any atom is -0.300 e. The van der Waals surface area contributed by atoms with Gasteiger partial charge in [-0.15, -0.1) is 0 Å². The Bertz CT molecular complexity index is 425. The van der Waals surface area contributed by atoms with Crippen LogP contribution in [-0.2, 0) is 14.4 Å². The zero-order chi connectivity index (χ0) is 14.2. The van der Waals surface area contributed by atoms with E-state index < -0.39 is 5.41 Å². The Labute approximate surface area is 119 Å². The smallest absolute Gasteiger partial charge is 0.236 e. The standard InChI is InChI=1S/C16H23NO3/c18-13-7-5-12(6-8-13)17-14(19)11-16(15(17)20)9-3-1-2-4-10-16/h12H,1-11H2. The van der Waals surface area contributed by atoms with E-state index in [2.05, 4.69) is 0 Å². The molecule has 0 aromatic rings. The number of rotatable bonds is 1. The van der Waals surface area contributed by atoms with E-state index in [4.69, 9.17) is 0 Å². The van der Waals surface area contributed by atoms with Crippen molar-refractivity contribution in [2.45, 2.75) is 76.7 Å². The Morgan fingerprint density at radius 3 is 2.10 bits per heavy atom. The van der Waals surface area contributed by atoms with Crippen LogP contribution in [0, 0.1) is 5.41 Å². The van der Waals surface area contributed by atoms with Gasteiger partial charge in [-0.1, -0.05) is 25.7 Å². The highest BCUT2D eigenvalue weighted by Crippen LogP contribution is 2.45. The Hall–Kier alpha value is -1.19. The minimum atomic E-state index is -0.394. The summed E-state index contributed by atoms with van der Waals surface area (Å²) < 4.78 is 0. The van der Waals surface area contributed by atoms with Crippen molar-refractivity contribution in [1.82, 2.24) is 4.90 Å². The number of carbonyl (C=O) groups is 3. The fraction of sp³-hybridized carbons (Fsp3) is 0.812. The van der Waals surface area contributed by atoms with Crippen LogP contribution in [0.4, 0.5) is 0 Å². The van der Waals surface area contributed by atoms with Gasteiger partial charge in [-0.3, -0.25) is 19.3 Å². The van der Waals surface area contributed by atoms with Gasteiger partial charge in [0.2, 0.25) is 11.8 Å². The lowest BCUT2D eigenvalue weighted by Crippen LogP contribution is -2.44. The van der Waals surface area contributed by atoms with E-state index in [9.17, 15) is 14.4 Å². The third-order valence-electron chi connectivity index (χ3n) is 5.37. The molecule has 1 heterocycles. The van der Waals surface area contributed by atoms with Gasteiger partial charge in [-0.05, 0) is 25.7 Å². The number of imide groups is 1. The first kappa shape index (κ1) is 13.8. The highest BCUT2D eigenvalue weighted by molar-refractivity contribution is 6.06. The van der Waals surface area contributed by atoms with Gasteiger partial charge >= 0.3 is 0 Å². The van der Waals surface area contributed by atoms with E-state index in [-0.39, 0.29) is 23.6 Å². The van der Waals surface area contributed by atoms with Crippen LogP contribution >= 0.6 is 0 Å². The first-order valence-electron chi connectivity index (χ1n) is 8.01. The molecule has 0 bridgehead atoms. The monoisotopic (exact) mass is 277 g/mol. The molecule has 0 N–H and O–H groups in total. The molecule has 2 aliphatic carbocycles. The summed E-state index contributed by atoms with van der Waals surface area (Å²) in [4.78, 5) is 38.1. The van der Waals surface area contributed by atoms with E-state index in [0.29, 0.717) is 32.1 Å². The Morgan fingerprint density at radius 1 is 0.900 bits per heavy atom. The minimum absolute atomic E-state index is 0.0104. The van der Waals surface area contributed by atoms with Crippen LogP contribution in [0.2, 0.25) is 0 Å². The first-order chi connectivity index (χ1) is 9.62. The lowest BCUT2D eigenvalue weighted by molar-refractivity contribution is -0.146. The predicted molar refractivity (Wildman–Crippen MR) is 73.9 cm³/mol. The summed E-state index contributed by atoms with van der Waals surface area (Å²) in [6.07, 6.45) is 9.05. The number of hydrogen-bond donors (Lipinski definition) is 0. The summed E-state index contributed by atoms with van der Waals surface area (Å²) in [7, 11) is 0. The van der Waals surface area contributed by atoms with Gasteiger partial charge in [0.25, 0.3) is 0 Å². The molecule has 3 fully saturated rings. The van der Waals surface area contributed by atoms with E-state index in [0.717, 1.165) is 25.7 Å². The quantitative estimate of drug-likeness (QED) is 0.692. The SMILES string of the molecule is O=C1CCC(N2C(=O)CC3(CCCCCC3)C2=O)CC1. The molecule has 20 heavy (non-hydrogen) atoms. The second-order valence-electron chi connectivity index (χ2n) is 6.71. The Morgan fingerprint density at radius 2 is 1.50 bits per heavy atom. The number of ketones is 1. The number of carbonyl (C=O) groups excluding carboxylic acids is 3. The zero-order valence-corrected chi connectivity index (χ0v) is 12.0. The van der Waals surface area contributed by atoms with Crippen molar-refractivity contribution in [3.8, 4) is 0 Å². The molecule has 3 aliphatic rings. The summed E-state index contributed by atoms with van der Waals surface area (Å²) in [5.41, 5.74) is -0.394. The second kappa shape index (κ2) is 5.30. The van der Waals surface area contributed by atoms with Gasteiger partial charge < -0.3 is 0 Å². The fourth-order valence-electron chi connectivity index (χ4n) is 4.17. The Balaban J connectivity index is 1.77. The average molecular weight is 277 g/mol.